The van der Waals surface area contributed by atoms with Crippen molar-refractivity contribution < 1.29 is 0 Å². The highest BCUT2D eigenvalue weighted by atomic mass is 35.5. The number of hydrazine groups is 1. The molecule has 1 atom stereocenters. The summed E-state index contributed by atoms with van der Waals surface area (Å²) < 4.78 is 0. The van der Waals surface area contributed by atoms with E-state index in [2.05, 4.69) is 46.2 Å². The van der Waals surface area contributed by atoms with Gasteiger partial charge in [-0.05, 0) is 17.7 Å². The van der Waals surface area contributed by atoms with Crippen molar-refractivity contribution in [3.05, 3.63) is 66.2 Å². The lowest BCUT2D eigenvalue weighted by Crippen LogP contribution is -2.28. The number of anilines is 1. The van der Waals surface area contributed by atoms with Gasteiger partial charge in [-0.25, -0.2) is 0 Å². The molecular formula is C16H18ClN3. The number of hydrogen-bond acceptors (Lipinski definition) is 3. The highest BCUT2D eigenvalue weighted by Gasteiger charge is 2.19. The normalized spacial score (nSPS) is 17.0. The zero-order valence-corrected chi connectivity index (χ0v) is 11.9. The minimum atomic E-state index is 0. The predicted octanol–water partition coefficient (Wildman–Crippen LogP) is 3.61. The standard InChI is InChI=1S/C16H17N3.ClH/c1-3-7-13(8-4-1)14-11-16(17-12-14)19-18-15-9-5-2-6-10-15;/h1-10,14,18H,11-12H2,(H,17,19);1H. The fourth-order valence-corrected chi connectivity index (χ4v) is 2.29. The highest BCUT2D eigenvalue weighted by Crippen LogP contribution is 2.24. The predicted molar refractivity (Wildman–Crippen MR) is 86.6 cm³/mol. The summed E-state index contributed by atoms with van der Waals surface area (Å²) in [6.45, 7) is 0.864. The van der Waals surface area contributed by atoms with Gasteiger partial charge in [-0.1, -0.05) is 48.5 Å². The third-order valence-electron chi connectivity index (χ3n) is 3.34. The molecule has 1 unspecified atom stereocenters. The van der Waals surface area contributed by atoms with Gasteiger partial charge >= 0.3 is 0 Å². The second kappa shape index (κ2) is 6.96. The summed E-state index contributed by atoms with van der Waals surface area (Å²) >= 11 is 0. The van der Waals surface area contributed by atoms with Gasteiger partial charge in [0.05, 0.1) is 5.69 Å². The molecule has 0 saturated heterocycles. The molecule has 104 valence electrons. The van der Waals surface area contributed by atoms with Gasteiger partial charge in [0.1, 0.15) is 5.84 Å². The maximum absolute atomic E-state index is 4.55. The number of hydrogen-bond donors (Lipinski definition) is 2. The summed E-state index contributed by atoms with van der Waals surface area (Å²) in [4.78, 5) is 4.55. The van der Waals surface area contributed by atoms with Crippen LogP contribution >= 0.6 is 12.4 Å². The Kier molecular flexibility index (Phi) is 5.02. The van der Waals surface area contributed by atoms with Gasteiger partial charge in [0, 0.05) is 18.9 Å². The number of nitrogens with one attached hydrogen (secondary N) is 2. The zero-order valence-electron chi connectivity index (χ0n) is 11.1. The van der Waals surface area contributed by atoms with E-state index in [1.807, 2.05) is 30.3 Å². The third kappa shape index (κ3) is 3.52. The Labute approximate surface area is 125 Å². The number of halogens is 1. The van der Waals surface area contributed by atoms with E-state index in [0.29, 0.717) is 5.92 Å². The van der Waals surface area contributed by atoms with Crippen molar-refractivity contribution in [3.63, 3.8) is 0 Å². The molecule has 1 heterocycles. The molecule has 0 spiro atoms. The van der Waals surface area contributed by atoms with Crippen LogP contribution in [0.2, 0.25) is 0 Å². The summed E-state index contributed by atoms with van der Waals surface area (Å²) in [7, 11) is 0. The van der Waals surface area contributed by atoms with Gasteiger partial charge in [0.2, 0.25) is 0 Å². The molecule has 20 heavy (non-hydrogen) atoms. The van der Waals surface area contributed by atoms with E-state index >= 15 is 0 Å². The minimum absolute atomic E-state index is 0. The van der Waals surface area contributed by atoms with Crippen LogP contribution in [0.4, 0.5) is 5.69 Å². The average molecular weight is 288 g/mol. The monoisotopic (exact) mass is 287 g/mol. The van der Waals surface area contributed by atoms with E-state index in [1.54, 1.807) is 0 Å². The molecule has 0 bridgehead atoms. The Bertz CT molecular complexity index is 554. The summed E-state index contributed by atoms with van der Waals surface area (Å²) in [6, 6.07) is 20.6. The number of aliphatic imine (C=N–C) groups is 1. The van der Waals surface area contributed by atoms with Crippen molar-refractivity contribution in [2.45, 2.75) is 12.3 Å². The molecule has 0 aromatic heterocycles. The first-order valence-electron chi connectivity index (χ1n) is 6.57. The number of nitrogens with zero attached hydrogens (tertiary/aromatic N) is 1. The average Bonchev–Trinajstić information content (AvgIpc) is 2.96. The lowest BCUT2D eigenvalue weighted by molar-refractivity contribution is 0.775. The molecule has 2 aromatic carbocycles. The second-order valence-corrected chi connectivity index (χ2v) is 4.72. The third-order valence-corrected chi connectivity index (χ3v) is 3.34. The molecule has 1 aliphatic rings. The molecule has 0 amide bonds. The molecule has 0 radical (unpaired) electrons. The fraction of sp³-hybridized carbons (Fsp3) is 0.188. The van der Waals surface area contributed by atoms with Gasteiger partial charge in [0.25, 0.3) is 0 Å². The van der Waals surface area contributed by atoms with Crippen molar-refractivity contribution in [3.8, 4) is 0 Å². The van der Waals surface area contributed by atoms with E-state index in [0.717, 1.165) is 24.5 Å². The van der Waals surface area contributed by atoms with Gasteiger partial charge in [-0.3, -0.25) is 15.8 Å². The van der Waals surface area contributed by atoms with Crippen molar-refractivity contribution in [1.82, 2.24) is 5.43 Å². The SMILES string of the molecule is Cl.c1ccc(NNC2=NCC(c3ccccc3)C2)cc1. The fourth-order valence-electron chi connectivity index (χ4n) is 2.29. The lowest BCUT2D eigenvalue weighted by Gasteiger charge is -2.11. The summed E-state index contributed by atoms with van der Waals surface area (Å²) in [6.07, 6.45) is 0.962. The largest absolute Gasteiger partial charge is 0.300 e. The van der Waals surface area contributed by atoms with Crippen LogP contribution in [0.1, 0.15) is 17.9 Å². The van der Waals surface area contributed by atoms with E-state index in [9.17, 15) is 0 Å². The number of rotatable bonds is 3. The van der Waals surface area contributed by atoms with Crippen LogP contribution in [0.5, 0.6) is 0 Å². The first-order valence-corrected chi connectivity index (χ1v) is 6.57. The van der Waals surface area contributed by atoms with Crippen LogP contribution in [0.15, 0.2) is 65.7 Å². The van der Waals surface area contributed by atoms with E-state index in [1.165, 1.54) is 5.56 Å². The molecule has 0 saturated carbocycles. The van der Waals surface area contributed by atoms with Gasteiger partial charge in [0.15, 0.2) is 0 Å². The minimum Gasteiger partial charge on any atom is -0.300 e. The second-order valence-electron chi connectivity index (χ2n) is 4.72. The highest BCUT2D eigenvalue weighted by molar-refractivity contribution is 5.86. The smallest absolute Gasteiger partial charge is 0.115 e. The Morgan fingerprint density at radius 3 is 2.20 bits per heavy atom. The molecule has 3 rings (SSSR count). The van der Waals surface area contributed by atoms with Crippen LogP contribution in [0.3, 0.4) is 0 Å². The molecule has 2 aromatic rings. The quantitative estimate of drug-likeness (QED) is 0.846. The van der Waals surface area contributed by atoms with Crippen LogP contribution in [0, 0.1) is 0 Å². The van der Waals surface area contributed by atoms with Gasteiger partial charge < -0.3 is 0 Å². The van der Waals surface area contributed by atoms with Gasteiger partial charge in [-0.2, -0.15) is 0 Å². The first kappa shape index (κ1) is 14.4. The van der Waals surface area contributed by atoms with Crippen LogP contribution in [-0.2, 0) is 0 Å². The number of para-hydroxylation sites is 1. The summed E-state index contributed by atoms with van der Waals surface area (Å²) in [5, 5.41) is 0. The maximum Gasteiger partial charge on any atom is 0.115 e. The van der Waals surface area contributed by atoms with E-state index in [4.69, 9.17) is 0 Å². The van der Waals surface area contributed by atoms with Gasteiger partial charge in [-0.15, -0.1) is 12.4 Å². The van der Waals surface area contributed by atoms with Crippen molar-refractivity contribution in [2.24, 2.45) is 4.99 Å². The Morgan fingerprint density at radius 1 is 0.850 bits per heavy atom. The molecular weight excluding hydrogens is 270 g/mol. The molecule has 0 fully saturated rings. The van der Waals surface area contributed by atoms with Crippen LogP contribution in [-0.4, -0.2) is 12.4 Å². The molecule has 0 aliphatic carbocycles. The summed E-state index contributed by atoms with van der Waals surface area (Å²) in [5.74, 6) is 1.53. The van der Waals surface area contributed by atoms with Crippen LogP contribution in [0.25, 0.3) is 0 Å². The Morgan fingerprint density at radius 2 is 1.50 bits per heavy atom. The summed E-state index contributed by atoms with van der Waals surface area (Å²) in [5.41, 5.74) is 8.79. The maximum atomic E-state index is 4.55. The van der Waals surface area contributed by atoms with E-state index in [-0.39, 0.29) is 12.4 Å². The van der Waals surface area contributed by atoms with Crippen LogP contribution < -0.4 is 10.9 Å². The van der Waals surface area contributed by atoms with Crippen molar-refractivity contribution in [2.75, 3.05) is 12.0 Å². The number of benzene rings is 2. The lowest BCUT2D eigenvalue weighted by atomic mass is 9.98. The Balaban J connectivity index is 0.00000147. The first-order chi connectivity index (χ1) is 9.42. The molecule has 4 heteroatoms. The van der Waals surface area contributed by atoms with Crippen molar-refractivity contribution >= 4 is 23.9 Å². The number of amidine groups is 1. The van der Waals surface area contributed by atoms with E-state index < -0.39 is 0 Å². The van der Waals surface area contributed by atoms with Crippen molar-refractivity contribution in [1.29, 1.82) is 0 Å². The molecule has 3 nitrogen and oxygen atoms in total. The molecule has 2 N–H and O–H groups in total. The molecule has 1 aliphatic heterocycles. The zero-order chi connectivity index (χ0) is 12.9. The Hall–Kier alpha value is -2.00. The topological polar surface area (TPSA) is 36.4 Å².